The summed E-state index contributed by atoms with van der Waals surface area (Å²) in [6, 6.07) is 6.01. The number of aliphatic carboxylic acids is 1. The number of carboxylic acid groups (broad SMARTS) is 1. The minimum absolute atomic E-state index is 0.124. The Morgan fingerprint density at radius 2 is 1.71 bits per heavy atom. The van der Waals surface area contributed by atoms with E-state index in [1.807, 2.05) is 11.8 Å². The maximum atomic E-state index is 11.5. The number of nitrogens with two attached hydrogens (primary N) is 1. The second-order valence-corrected chi connectivity index (χ2v) is 5.14. The molecule has 0 atom stereocenters. The van der Waals surface area contributed by atoms with E-state index >= 15 is 0 Å². The molecule has 1 rings (SSSR count). The highest BCUT2D eigenvalue weighted by molar-refractivity contribution is 7.98. The van der Waals surface area contributed by atoms with Crippen LogP contribution in [0.15, 0.2) is 24.3 Å². The summed E-state index contributed by atoms with van der Waals surface area (Å²) in [6.07, 6.45) is 3.79. The van der Waals surface area contributed by atoms with Gasteiger partial charge in [-0.1, -0.05) is 6.92 Å². The number of carboxylic acids is 1. The van der Waals surface area contributed by atoms with E-state index in [1.165, 1.54) is 30.0 Å². The van der Waals surface area contributed by atoms with Crippen molar-refractivity contribution in [1.29, 1.82) is 0 Å². The normalized spacial score (nSPS) is 8.71. The van der Waals surface area contributed by atoms with Crippen LogP contribution in [0.4, 0.5) is 5.69 Å². The van der Waals surface area contributed by atoms with Crippen LogP contribution in [0.2, 0.25) is 0 Å². The fourth-order valence-corrected chi connectivity index (χ4v) is 1.17. The third kappa shape index (κ3) is 12.8. The number of carbonyl (C=O) groups excluding carboxylic acids is 2. The van der Waals surface area contributed by atoms with Crippen molar-refractivity contribution in [2.24, 2.45) is 5.73 Å². The number of anilines is 1. The smallest absolute Gasteiger partial charge is 0.322 e. The third-order valence-electron chi connectivity index (χ3n) is 2.31. The van der Waals surface area contributed by atoms with Gasteiger partial charge in [-0.25, -0.2) is 0 Å². The lowest BCUT2D eigenvalue weighted by Crippen LogP contribution is -2.29. The first-order valence-electron chi connectivity index (χ1n) is 6.98. The van der Waals surface area contributed by atoms with Gasteiger partial charge in [-0.3, -0.25) is 14.4 Å². The molecule has 136 valence electrons. The molecule has 2 amide bonds. The van der Waals surface area contributed by atoms with E-state index in [4.69, 9.17) is 10.8 Å². The Hall–Kier alpha value is -1.71. The molecule has 0 saturated heterocycles. The molecule has 0 heterocycles. The van der Waals surface area contributed by atoms with E-state index in [1.54, 1.807) is 6.26 Å². The molecule has 0 saturated carbocycles. The highest BCUT2D eigenvalue weighted by atomic mass is 32.2. The van der Waals surface area contributed by atoms with Crippen molar-refractivity contribution in [3.8, 4) is 0 Å². The number of rotatable bonds is 6. The van der Waals surface area contributed by atoms with E-state index in [0.29, 0.717) is 11.3 Å². The van der Waals surface area contributed by atoms with Crippen molar-refractivity contribution < 1.29 is 19.5 Å². The van der Waals surface area contributed by atoms with Crippen molar-refractivity contribution in [3.63, 3.8) is 0 Å². The Balaban J connectivity index is 0. The number of thioether (sulfide) groups is 1. The maximum Gasteiger partial charge on any atom is 0.322 e. The van der Waals surface area contributed by atoms with Crippen molar-refractivity contribution in [3.05, 3.63) is 29.8 Å². The predicted molar refractivity (Wildman–Crippen MR) is 103 cm³/mol. The standard InChI is InChI=1S/C11H13N3O4.C3H8S.CH4S/c12-5-9(15)14-8-3-1-7(2-4-8)11(18)13-6-10(16)17;1-3-4-2;1-2/h1-4H,5-6,12H2,(H,13,18)(H,14,15)(H,16,17);3H2,1-2H3;2H,1H3. The van der Waals surface area contributed by atoms with Crippen molar-refractivity contribution in [2.45, 2.75) is 6.92 Å². The lowest BCUT2D eigenvalue weighted by Gasteiger charge is -2.05. The number of hydrogen-bond donors (Lipinski definition) is 5. The summed E-state index contributed by atoms with van der Waals surface area (Å²) in [4.78, 5) is 32.7. The lowest BCUT2D eigenvalue weighted by molar-refractivity contribution is -0.135. The van der Waals surface area contributed by atoms with Gasteiger partial charge < -0.3 is 21.5 Å². The largest absolute Gasteiger partial charge is 0.480 e. The van der Waals surface area contributed by atoms with Crippen LogP contribution in [0.3, 0.4) is 0 Å². The van der Waals surface area contributed by atoms with Gasteiger partial charge >= 0.3 is 5.97 Å². The van der Waals surface area contributed by atoms with E-state index in [0.717, 1.165) is 0 Å². The van der Waals surface area contributed by atoms with Crippen LogP contribution in [0.5, 0.6) is 0 Å². The van der Waals surface area contributed by atoms with Gasteiger partial charge in [-0.15, -0.1) is 0 Å². The molecular weight excluding hydrogens is 350 g/mol. The molecule has 1 aromatic carbocycles. The Labute approximate surface area is 152 Å². The minimum Gasteiger partial charge on any atom is -0.480 e. The second-order valence-electron chi connectivity index (χ2n) is 3.98. The van der Waals surface area contributed by atoms with Crippen LogP contribution in [-0.2, 0) is 9.59 Å². The molecule has 9 heteroatoms. The van der Waals surface area contributed by atoms with Crippen molar-refractivity contribution in [1.82, 2.24) is 5.32 Å². The van der Waals surface area contributed by atoms with E-state index in [2.05, 4.69) is 36.4 Å². The first kappa shape index (κ1) is 24.5. The van der Waals surface area contributed by atoms with Gasteiger partial charge in [-0.2, -0.15) is 24.4 Å². The van der Waals surface area contributed by atoms with Gasteiger partial charge in [0, 0.05) is 11.3 Å². The number of amides is 2. The molecule has 0 unspecified atom stereocenters. The number of carbonyl (C=O) groups is 3. The van der Waals surface area contributed by atoms with Crippen molar-refractivity contribution in [2.75, 3.05) is 36.7 Å². The maximum absolute atomic E-state index is 11.5. The summed E-state index contributed by atoms with van der Waals surface area (Å²) in [5.41, 5.74) is 5.96. The predicted octanol–water partition coefficient (Wildman–Crippen LogP) is 1.31. The number of nitrogens with one attached hydrogen (secondary N) is 2. The zero-order chi connectivity index (χ0) is 19.0. The van der Waals surface area contributed by atoms with Crippen LogP contribution < -0.4 is 16.4 Å². The van der Waals surface area contributed by atoms with Crippen LogP contribution in [-0.4, -0.2) is 54.2 Å². The van der Waals surface area contributed by atoms with Gasteiger partial charge in [0.15, 0.2) is 0 Å². The van der Waals surface area contributed by atoms with E-state index in [-0.39, 0.29) is 12.5 Å². The van der Waals surface area contributed by atoms with Gasteiger partial charge in [0.25, 0.3) is 5.91 Å². The van der Waals surface area contributed by atoms with Crippen LogP contribution in [0.1, 0.15) is 17.3 Å². The van der Waals surface area contributed by atoms with Crippen molar-refractivity contribution >= 4 is 47.9 Å². The topological polar surface area (TPSA) is 122 Å². The number of thiol groups is 1. The van der Waals surface area contributed by atoms with Gasteiger partial charge in [0.2, 0.25) is 5.91 Å². The highest BCUT2D eigenvalue weighted by Crippen LogP contribution is 2.09. The average molecular weight is 376 g/mol. The summed E-state index contributed by atoms with van der Waals surface area (Å²) in [7, 11) is 0. The number of benzene rings is 1. The first-order valence-corrected chi connectivity index (χ1v) is 9.27. The zero-order valence-electron chi connectivity index (χ0n) is 14.0. The van der Waals surface area contributed by atoms with Crippen LogP contribution in [0.25, 0.3) is 0 Å². The summed E-state index contributed by atoms with van der Waals surface area (Å²) in [6.45, 7) is 1.58. The molecule has 0 spiro atoms. The fraction of sp³-hybridized carbons (Fsp3) is 0.400. The quantitative estimate of drug-likeness (QED) is 0.478. The van der Waals surface area contributed by atoms with Crippen LogP contribution in [0, 0.1) is 0 Å². The monoisotopic (exact) mass is 375 g/mol. The minimum atomic E-state index is -1.12. The highest BCUT2D eigenvalue weighted by Gasteiger charge is 2.07. The molecule has 1 aromatic rings. The molecule has 0 bridgehead atoms. The molecular formula is C15H25N3O4S2. The molecule has 24 heavy (non-hydrogen) atoms. The summed E-state index contributed by atoms with van der Waals surface area (Å²) < 4.78 is 0. The summed E-state index contributed by atoms with van der Waals surface area (Å²) in [5, 5.41) is 13.1. The van der Waals surface area contributed by atoms with Gasteiger partial charge in [-0.05, 0) is 42.5 Å². The van der Waals surface area contributed by atoms with Crippen LogP contribution >= 0.6 is 24.4 Å². The Bertz CT molecular complexity index is 494. The Kier molecular flexibility index (Phi) is 16.5. The zero-order valence-corrected chi connectivity index (χ0v) is 15.7. The van der Waals surface area contributed by atoms with E-state index in [9.17, 15) is 14.4 Å². The molecule has 5 N–H and O–H groups in total. The molecule has 0 aliphatic carbocycles. The van der Waals surface area contributed by atoms with Gasteiger partial charge in [0.05, 0.1) is 6.54 Å². The third-order valence-corrected chi connectivity index (χ3v) is 2.88. The Morgan fingerprint density at radius 1 is 1.21 bits per heavy atom. The van der Waals surface area contributed by atoms with E-state index < -0.39 is 18.4 Å². The second kappa shape index (κ2) is 16.2. The fourth-order valence-electron chi connectivity index (χ4n) is 1.17. The first-order chi connectivity index (χ1) is 11.4. The molecule has 0 fully saturated rings. The average Bonchev–Trinajstić information content (AvgIpc) is 2.62. The molecule has 0 aliphatic heterocycles. The summed E-state index contributed by atoms with van der Waals surface area (Å²) in [5.74, 6) is -0.706. The van der Waals surface area contributed by atoms with Gasteiger partial charge in [0.1, 0.15) is 6.54 Å². The number of hydrogen-bond acceptors (Lipinski definition) is 6. The lowest BCUT2D eigenvalue weighted by atomic mass is 10.2. The molecule has 7 nitrogen and oxygen atoms in total. The SMILES string of the molecule is CCSC.CS.NCC(=O)Nc1ccc(C(=O)NCC(=O)O)cc1. The molecule has 0 radical (unpaired) electrons. The summed E-state index contributed by atoms with van der Waals surface area (Å²) >= 11 is 5.38. The molecule has 0 aromatic heterocycles. The Morgan fingerprint density at radius 3 is 2.08 bits per heavy atom. The molecule has 0 aliphatic rings.